The number of hydrogen-bond acceptors (Lipinski definition) is 6. The number of aryl methyl sites for hydroxylation is 1. The van der Waals surface area contributed by atoms with E-state index in [2.05, 4.69) is 22.4 Å². The van der Waals surface area contributed by atoms with Gasteiger partial charge in [0.1, 0.15) is 18.5 Å². The van der Waals surface area contributed by atoms with Crippen LogP contribution in [0, 0.1) is 11.3 Å². The van der Waals surface area contributed by atoms with E-state index in [1.165, 1.54) is 4.88 Å². The van der Waals surface area contributed by atoms with Crippen LogP contribution in [0.4, 0.5) is 5.82 Å². The molecule has 0 saturated heterocycles. The number of rotatable bonds is 8. The van der Waals surface area contributed by atoms with Crippen LogP contribution < -0.4 is 5.32 Å². The van der Waals surface area contributed by atoms with Crippen molar-refractivity contribution in [1.29, 1.82) is 5.26 Å². The molecule has 0 atom stereocenters. The Labute approximate surface area is 133 Å². The summed E-state index contributed by atoms with van der Waals surface area (Å²) in [4.78, 5) is 16.9. The van der Waals surface area contributed by atoms with Crippen LogP contribution in [0.5, 0.6) is 0 Å². The topological polar surface area (TPSA) is 75.0 Å². The predicted octanol–water partition coefficient (Wildman–Crippen LogP) is 2.99. The number of nitriles is 1. The van der Waals surface area contributed by atoms with Gasteiger partial charge >= 0.3 is 5.97 Å². The van der Waals surface area contributed by atoms with Crippen LogP contribution in [-0.2, 0) is 16.0 Å². The lowest BCUT2D eigenvalue weighted by Gasteiger charge is -2.07. The van der Waals surface area contributed by atoms with Crippen molar-refractivity contribution in [2.24, 2.45) is 0 Å². The number of pyridine rings is 1. The number of aromatic nitrogens is 1. The first-order valence-corrected chi connectivity index (χ1v) is 7.94. The first kappa shape index (κ1) is 16.0. The van der Waals surface area contributed by atoms with Crippen LogP contribution >= 0.6 is 11.3 Å². The number of esters is 1. The molecule has 0 aliphatic rings. The van der Waals surface area contributed by atoms with Gasteiger partial charge in [-0.15, -0.1) is 11.3 Å². The Morgan fingerprint density at radius 1 is 1.41 bits per heavy atom. The molecule has 5 nitrogen and oxygen atoms in total. The van der Waals surface area contributed by atoms with Crippen LogP contribution in [0.1, 0.15) is 23.3 Å². The predicted molar refractivity (Wildman–Crippen MR) is 85.7 cm³/mol. The molecule has 22 heavy (non-hydrogen) atoms. The first-order chi connectivity index (χ1) is 10.8. The van der Waals surface area contributed by atoms with E-state index in [0.717, 1.165) is 12.8 Å². The summed E-state index contributed by atoms with van der Waals surface area (Å²) in [6.45, 7) is 0.696. The van der Waals surface area contributed by atoms with Gasteiger partial charge in [0.15, 0.2) is 0 Å². The Balaban J connectivity index is 1.60. The molecule has 2 aromatic heterocycles. The van der Waals surface area contributed by atoms with E-state index in [4.69, 9.17) is 10.00 Å². The molecular weight excluding hydrogens is 298 g/mol. The summed E-state index contributed by atoms with van der Waals surface area (Å²) in [6.07, 6.45) is 3.74. The molecule has 0 unspecified atom stereocenters. The van der Waals surface area contributed by atoms with Crippen molar-refractivity contribution < 1.29 is 9.53 Å². The van der Waals surface area contributed by atoms with Crippen molar-refractivity contribution >= 4 is 23.1 Å². The number of thiophene rings is 1. The minimum Gasteiger partial charge on any atom is -0.464 e. The Morgan fingerprint density at radius 3 is 3.09 bits per heavy atom. The van der Waals surface area contributed by atoms with Crippen molar-refractivity contribution in [2.75, 3.05) is 18.5 Å². The van der Waals surface area contributed by atoms with E-state index in [1.807, 2.05) is 11.4 Å². The first-order valence-electron chi connectivity index (χ1n) is 7.06. The summed E-state index contributed by atoms with van der Waals surface area (Å²) in [5.41, 5.74) is 0.477. The van der Waals surface area contributed by atoms with Gasteiger partial charge in [0.05, 0.1) is 12.1 Å². The third-order valence-electron chi connectivity index (χ3n) is 2.97. The van der Waals surface area contributed by atoms with Gasteiger partial charge in [0.2, 0.25) is 0 Å². The summed E-state index contributed by atoms with van der Waals surface area (Å²) in [5, 5.41) is 13.9. The molecule has 0 bridgehead atoms. The third kappa shape index (κ3) is 5.19. The average Bonchev–Trinajstić information content (AvgIpc) is 3.05. The fourth-order valence-corrected chi connectivity index (χ4v) is 2.66. The van der Waals surface area contributed by atoms with Gasteiger partial charge in [-0.25, -0.2) is 4.98 Å². The standard InChI is InChI=1S/C16H17N3O2S/c17-12-13-4-2-8-18-16(13)19-9-10-21-15(20)7-1-5-14-6-3-11-22-14/h2-4,6,8,11H,1,5,7,9-10H2,(H,18,19). The van der Waals surface area contributed by atoms with E-state index in [-0.39, 0.29) is 12.6 Å². The van der Waals surface area contributed by atoms with Crippen LogP contribution in [0.3, 0.4) is 0 Å². The fraction of sp³-hybridized carbons (Fsp3) is 0.312. The van der Waals surface area contributed by atoms with Crippen molar-refractivity contribution in [3.63, 3.8) is 0 Å². The zero-order valence-electron chi connectivity index (χ0n) is 12.1. The van der Waals surface area contributed by atoms with E-state index in [0.29, 0.717) is 24.3 Å². The monoisotopic (exact) mass is 315 g/mol. The number of anilines is 1. The molecule has 0 aromatic carbocycles. The smallest absolute Gasteiger partial charge is 0.305 e. The van der Waals surface area contributed by atoms with Gasteiger partial charge < -0.3 is 10.1 Å². The van der Waals surface area contributed by atoms with Crippen molar-refractivity contribution in [3.8, 4) is 6.07 Å². The molecule has 0 amide bonds. The third-order valence-corrected chi connectivity index (χ3v) is 3.91. The number of carbonyl (C=O) groups excluding carboxylic acids is 1. The van der Waals surface area contributed by atoms with Crippen LogP contribution in [0.2, 0.25) is 0 Å². The molecule has 0 fully saturated rings. The molecule has 0 spiro atoms. The lowest BCUT2D eigenvalue weighted by atomic mass is 10.2. The Hall–Kier alpha value is -2.39. The van der Waals surface area contributed by atoms with Gasteiger partial charge in [0.25, 0.3) is 0 Å². The molecular formula is C16H17N3O2S. The quantitative estimate of drug-likeness (QED) is 0.598. The Bertz CT molecular complexity index is 635. The zero-order valence-corrected chi connectivity index (χ0v) is 12.9. The van der Waals surface area contributed by atoms with Gasteiger partial charge in [-0.3, -0.25) is 4.79 Å². The number of hydrogen-bond donors (Lipinski definition) is 1. The van der Waals surface area contributed by atoms with Gasteiger partial charge in [0, 0.05) is 17.5 Å². The molecule has 2 heterocycles. The average molecular weight is 315 g/mol. The second kappa shape index (κ2) is 8.80. The lowest BCUT2D eigenvalue weighted by molar-refractivity contribution is -0.143. The summed E-state index contributed by atoms with van der Waals surface area (Å²) < 4.78 is 5.15. The summed E-state index contributed by atoms with van der Waals surface area (Å²) in [6, 6.07) is 9.53. The maximum absolute atomic E-state index is 11.6. The van der Waals surface area contributed by atoms with Gasteiger partial charge in [-0.05, 0) is 36.4 Å². The highest BCUT2D eigenvalue weighted by Gasteiger charge is 2.05. The van der Waals surface area contributed by atoms with Crippen molar-refractivity contribution in [2.45, 2.75) is 19.3 Å². The lowest BCUT2D eigenvalue weighted by Crippen LogP contribution is -2.15. The van der Waals surface area contributed by atoms with Gasteiger partial charge in [-0.2, -0.15) is 5.26 Å². The number of carbonyl (C=O) groups is 1. The Kier molecular flexibility index (Phi) is 6.39. The van der Waals surface area contributed by atoms with Gasteiger partial charge in [-0.1, -0.05) is 6.07 Å². The molecule has 6 heteroatoms. The molecule has 2 rings (SSSR count). The molecule has 0 aliphatic carbocycles. The highest BCUT2D eigenvalue weighted by atomic mass is 32.1. The van der Waals surface area contributed by atoms with Crippen molar-refractivity contribution in [3.05, 3.63) is 46.3 Å². The molecule has 0 aliphatic heterocycles. The summed E-state index contributed by atoms with van der Waals surface area (Å²) in [7, 11) is 0. The molecule has 2 aromatic rings. The Morgan fingerprint density at radius 2 is 2.32 bits per heavy atom. The number of nitrogens with one attached hydrogen (secondary N) is 1. The largest absolute Gasteiger partial charge is 0.464 e. The molecule has 114 valence electrons. The minimum absolute atomic E-state index is 0.195. The molecule has 1 N–H and O–H groups in total. The van der Waals surface area contributed by atoms with Crippen molar-refractivity contribution in [1.82, 2.24) is 4.98 Å². The second-order valence-electron chi connectivity index (χ2n) is 4.59. The SMILES string of the molecule is N#Cc1cccnc1NCCOC(=O)CCCc1cccs1. The van der Waals surface area contributed by atoms with E-state index < -0.39 is 0 Å². The second-order valence-corrected chi connectivity index (χ2v) is 5.62. The maximum atomic E-state index is 11.6. The molecule has 0 saturated carbocycles. The summed E-state index contributed by atoms with van der Waals surface area (Å²) >= 11 is 1.70. The van der Waals surface area contributed by atoms with E-state index >= 15 is 0 Å². The zero-order chi connectivity index (χ0) is 15.6. The number of ether oxygens (including phenoxy) is 1. The van der Waals surface area contributed by atoms with Crippen LogP contribution in [0.15, 0.2) is 35.8 Å². The van der Waals surface area contributed by atoms with Crippen LogP contribution in [0.25, 0.3) is 0 Å². The minimum atomic E-state index is -0.195. The van der Waals surface area contributed by atoms with E-state index in [1.54, 1.807) is 29.7 Å². The highest BCUT2D eigenvalue weighted by molar-refractivity contribution is 7.09. The van der Waals surface area contributed by atoms with E-state index in [9.17, 15) is 4.79 Å². The normalized spacial score (nSPS) is 9.95. The number of nitrogens with zero attached hydrogens (tertiary/aromatic N) is 2. The van der Waals surface area contributed by atoms with Crippen LogP contribution in [-0.4, -0.2) is 24.1 Å². The highest BCUT2D eigenvalue weighted by Crippen LogP contribution is 2.12. The summed E-state index contributed by atoms with van der Waals surface area (Å²) in [5.74, 6) is 0.318. The fourth-order valence-electron chi connectivity index (χ4n) is 1.90. The molecule has 0 radical (unpaired) electrons. The maximum Gasteiger partial charge on any atom is 0.305 e.